The molecule has 60 valence electrons. The van der Waals surface area contributed by atoms with Gasteiger partial charge in [-0.1, -0.05) is 6.07 Å². The lowest BCUT2D eigenvalue weighted by Crippen LogP contribution is -2.18. The highest BCUT2D eigenvalue weighted by molar-refractivity contribution is 5.72. The van der Waals surface area contributed by atoms with Crippen molar-refractivity contribution in [1.82, 2.24) is 10.3 Å². The molecule has 0 bridgehead atoms. The maximum Gasteiger partial charge on any atom is 0.217 e. The minimum absolute atomic E-state index is 0. The van der Waals surface area contributed by atoms with Crippen LogP contribution in [-0.2, 0) is 11.3 Å². The summed E-state index contributed by atoms with van der Waals surface area (Å²) in [6.45, 7) is 2.06. The van der Waals surface area contributed by atoms with E-state index in [4.69, 9.17) is 0 Å². The van der Waals surface area contributed by atoms with Crippen molar-refractivity contribution in [2.75, 3.05) is 0 Å². The van der Waals surface area contributed by atoms with Crippen LogP contribution in [0, 0.1) is 0 Å². The SMILES string of the molecule is CC(=O)NCc1cccnc1.[HH]. The normalized spacial score (nSPS) is 9.18. The second-order valence-electron chi connectivity index (χ2n) is 2.27. The van der Waals surface area contributed by atoms with Gasteiger partial charge in [0.2, 0.25) is 5.91 Å². The van der Waals surface area contributed by atoms with Crippen LogP contribution in [0.2, 0.25) is 0 Å². The number of nitrogens with one attached hydrogen (secondary N) is 1. The van der Waals surface area contributed by atoms with E-state index in [-0.39, 0.29) is 7.33 Å². The van der Waals surface area contributed by atoms with Gasteiger partial charge in [-0.05, 0) is 11.6 Å². The van der Waals surface area contributed by atoms with Crippen LogP contribution in [0.4, 0.5) is 0 Å². The van der Waals surface area contributed by atoms with Crippen molar-refractivity contribution < 1.29 is 6.22 Å². The van der Waals surface area contributed by atoms with Crippen molar-refractivity contribution in [1.29, 1.82) is 0 Å². The third kappa shape index (κ3) is 2.80. The van der Waals surface area contributed by atoms with Gasteiger partial charge in [-0.15, -0.1) is 0 Å². The maximum absolute atomic E-state index is 10.5. The Morgan fingerprint density at radius 1 is 1.82 bits per heavy atom. The van der Waals surface area contributed by atoms with E-state index in [0.29, 0.717) is 6.54 Å². The molecule has 11 heavy (non-hydrogen) atoms. The summed E-state index contributed by atoms with van der Waals surface area (Å²) in [4.78, 5) is 14.4. The van der Waals surface area contributed by atoms with Crippen molar-refractivity contribution in [2.45, 2.75) is 13.5 Å². The number of amides is 1. The highest BCUT2D eigenvalue weighted by Gasteiger charge is 1.91. The lowest BCUT2D eigenvalue weighted by Gasteiger charge is -1.99. The zero-order valence-electron chi connectivity index (χ0n) is 6.37. The van der Waals surface area contributed by atoms with E-state index in [1.807, 2.05) is 12.1 Å². The molecule has 0 unspecified atom stereocenters. The quantitative estimate of drug-likeness (QED) is 0.686. The van der Waals surface area contributed by atoms with Crippen LogP contribution in [-0.4, -0.2) is 10.9 Å². The molecular weight excluding hydrogens is 140 g/mol. The fourth-order valence-electron chi connectivity index (χ4n) is 0.729. The van der Waals surface area contributed by atoms with E-state index in [1.54, 1.807) is 12.4 Å². The zero-order chi connectivity index (χ0) is 8.10. The fraction of sp³-hybridized carbons (Fsp3) is 0.250. The van der Waals surface area contributed by atoms with Gasteiger partial charge in [-0.25, -0.2) is 0 Å². The smallest absolute Gasteiger partial charge is 0.217 e. The Morgan fingerprint density at radius 2 is 2.64 bits per heavy atom. The second-order valence-corrected chi connectivity index (χ2v) is 2.27. The molecule has 0 aliphatic rings. The summed E-state index contributed by atoms with van der Waals surface area (Å²) in [5.41, 5.74) is 1.02. The lowest BCUT2D eigenvalue weighted by molar-refractivity contribution is -0.119. The van der Waals surface area contributed by atoms with E-state index in [2.05, 4.69) is 10.3 Å². The summed E-state index contributed by atoms with van der Waals surface area (Å²) in [5, 5.41) is 2.68. The second kappa shape index (κ2) is 3.71. The molecule has 0 aliphatic heterocycles. The fourth-order valence-corrected chi connectivity index (χ4v) is 0.729. The highest BCUT2D eigenvalue weighted by Crippen LogP contribution is 1.93. The first-order valence-electron chi connectivity index (χ1n) is 3.42. The molecule has 3 heteroatoms. The predicted molar refractivity (Wildman–Crippen MR) is 43.9 cm³/mol. The molecular formula is C8H12N2O. The van der Waals surface area contributed by atoms with Gasteiger partial charge >= 0.3 is 0 Å². The number of carbonyl (C=O) groups is 1. The molecule has 0 aromatic carbocycles. The standard InChI is InChI=1S/C8H10N2O.H2/c1-7(11)10-6-8-3-2-4-9-5-8;/h2-5H,6H2,1H3,(H,10,11);1H. The van der Waals surface area contributed by atoms with Gasteiger partial charge in [0.05, 0.1) is 0 Å². The summed E-state index contributed by atoms with van der Waals surface area (Å²) in [6.07, 6.45) is 3.44. The van der Waals surface area contributed by atoms with Crippen LogP contribution in [0.1, 0.15) is 13.9 Å². The van der Waals surface area contributed by atoms with Crippen LogP contribution < -0.4 is 5.32 Å². The van der Waals surface area contributed by atoms with Crippen LogP contribution >= 0.6 is 0 Å². The average Bonchev–Trinajstić information content (AvgIpc) is 2.03. The molecule has 0 aliphatic carbocycles. The largest absolute Gasteiger partial charge is 0.352 e. The zero-order valence-corrected chi connectivity index (χ0v) is 6.37. The molecule has 0 spiro atoms. The maximum atomic E-state index is 10.5. The molecule has 0 fully saturated rings. The molecule has 1 amide bonds. The first-order chi connectivity index (χ1) is 5.29. The molecule has 1 aromatic heterocycles. The molecule has 1 N–H and O–H groups in total. The van der Waals surface area contributed by atoms with Crippen molar-refractivity contribution >= 4 is 5.91 Å². The van der Waals surface area contributed by atoms with Gasteiger partial charge in [0.25, 0.3) is 0 Å². The van der Waals surface area contributed by atoms with Gasteiger partial charge in [-0.3, -0.25) is 9.78 Å². The Morgan fingerprint density at radius 3 is 3.18 bits per heavy atom. The molecule has 1 rings (SSSR count). The first kappa shape index (κ1) is 7.72. The predicted octanol–water partition coefficient (Wildman–Crippen LogP) is 0.964. The monoisotopic (exact) mass is 152 g/mol. The van der Waals surface area contributed by atoms with Gasteiger partial charge in [0.1, 0.15) is 0 Å². The van der Waals surface area contributed by atoms with Gasteiger partial charge in [0.15, 0.2) is 0 Å². The Hall–Kier alpha value is -1.38. The number of nitrogens with zero attached hydrogens (tertiary/aromatic N) is 1. The van der Waals surface area contributed by atoms with Crippen molar-refractivity contribution in [3.05, 3.63) is 30.1 Å². The Bertz CT molecular complexity index is 238. The van der Waals surface area contributed by atoms with E-state index >= 15 is 0 Å². The number of aromatic nitrogens is 1. The van der Waals surface area contributed by atoms with Crippen LogP contribution in [0.15, 0.2) is 24.5 Å². The summed E-state index contributed by atoms with van der Waals surface area (Å²) in [7, 11) is 0. The minimum atomic E-state index is -0.0196. The summed E-state index contributed by atoms with van der Waals surface area (Å²) >= 11 is 0. The Kier molecular flexibility index (Phi) is 2.60. The van der Waals surface area contributed by atoms with Crippen molar-refractivity contribution in [3.8, 4) is 0 Å². The topological polar surface area (TPSA) is 42.0 Å². The number of rotatable bonds is 2. The van der Waals surface area contributed by atoms with Crippen molar-refractivity contribution in [3.63, 3.8) is 0 Å². The average molecular weight is 152 g/mol. The highest BCUT2D eigenvalue weighted by atomic mass is 16.1. The van der Waals surface area contributed by atoms with E-state index < -0.39 is 0 Å². The third-order valence-corrected chi connectivity index (χ3v) is 1.26. The van der Waals surface area contributed by atoms with Crippen LogP contribution in [0.5, 0.6) is 0 Å². The molecule has 0 saturated carbocycles. The number of hydrogen-bond donors (Lipinski definition) is 1. The molecule has 0 radical (unpaired) electrons. The summed E-state index contributed by atoms with van der Waals surface area (Å²) in [5.74, 6) is -0.0196. The van der Waals surface area contributed by atoms with E-state index in [1.165, 1.54) is 6.92 Å². The lowest BCUT2D eigenvalue weighted by atomic mass is 10.3. The van der Waals surface area contributed by atoms with Crippen LogP contribution in [0.25, 0.3) is 0 Å². The van der Waals surface area contributed by atoms with E-state index in [0.717, 1.165) is 5.56 Å². The van der Waals surface area contributed by atoms with Gasteiger partial charge < -0.3 is 5.32 Å². The first-order valence-corrected chi connectivity index (χ1v) is 3.42. The Balaban J connectivity index is 0.00000121. The van der Waals surface area contributed by atoms with E-state index in [9.17, 15) is 4.79 Å². The van der Waals surface area contributed by atoms with Crippen LogP contribution in [0.3, 0.4) is 0 Å². The minimum Gasteiger partial charge on any atom is -0.352 e. The number of hydrogen-bond acceptors (Lipinski definition) is 2. The Labute approximate surface area is 66.9 Å². The van der Waals surface area contributed by atoms with Gasteiger partial charge in [-0.2, -0.15) is 0 Å². The summed E-state index contributed by atoms with van der Waals surface area (Å²) < 4.78 is 0. The number of pyridine rings is 1. The van der Waals surface area contributed by atoms with Gasteiger partial charge in [0, 0.05) is 27.3 Å². The third-order valence-electron chi connectivity index (χ3n) is 1.26. The molecule has 1 aromatic rings. The summed E-state index contributed by atoms with van der Waals surface area (Å²) in [6, 6.07) is 3.76. The molecule has 0 atom stereocenters. The van der Waals surface area contributed by atoms with Crippen molar-refractivity contribution in [2.24, 2.45) is 0 Å². The number of carbonyl (C=O) groups excluding carboxylic acids is 1. The molecule has 0 saturated heterocycles. The molecule has 1 heterocycles. The molecule has 3 nitrogen and oxygen atoms in total.